The zero-order valence-corrected chi connectivity index (χ0v) is 16.5. The van der Waals surface area contributed by atoms with Crippen molar-refractivity contribution in [3.8, 4) is 5.75 Å². The number of rotatable bonds is 9. The van der Waals surface area contributed by atoms with E-state index >= 15 is 0 Å². The van der Waals surface area contributed by atoms with E-state index in [1.54, 1.807) is 6.92 Å². The number of carboxylic acids is 2. The fourth-order valence-electron chi connectivity index (χ4n) is 2.63. The zero-order chi connectivity index (χ0) is 24.0. The smallest absolute Gasteiger partial charge is 0.342 e. The van der Waals surface area contributed by atoms with E-state index in [-0.39, 0.29) is 6.42 Å². The standard InChI is InChI=1S/C20H17NO11/c1-2-3-16(32-20(28)13-7-5-11(22)9-15(13)18(25)26)31-19(27)12-6-4-10(21(29)30)8-14(12)17(23)24/h4-9,16,22H,2-3H2,1H3,(H,23,24)(H,25,26). The fraction of sp³-hybridized carbons (Fsp3) is 0.200. The number of ether oxygens (including phenoxy) is 2. The Morgan fingerprint density at radius 2 is 1.41 bits per heavy atom. The normalized spacial score (nSPS) is 11.3. The van der Waals surface area contributed by atoms with Crippen LogP contribution >= 0.6 is 0 Å². The highest BCUT2D eigenvalue weighted by molar-refractivity contribution is 6.04. The minimum atomic E-state index is -1.61. The van der Waals surface area contributed by atoms with E-state index in [0.717, 1.165) is 30.3 Å². The molecule has 0 saturated heterocycles. The highest BCUT2D eigenvalue weighted by atomic mass is 16.7. The third kappa shape index (κ3) is 5.56. The summed E-state index contributed by atoms with van der Waals surface area (Å²) in [6.45, 7) is 1.67. The molecule has 0 bridgehead atoms. The summed E-state index contributed by atoms with van der Waals surface area (Å²) in [5.74, 6) is -5.88. The SMILES string of the molecule is CCCC(OC(=O)c1ccc(O)cc1C(=O)O)OC(=O)c1ccc([N+](=O)[O-])cc1C(=O)O. The zero-order valence-electron chi connectivity index (χ0n) is 16.5. The Morgan fingerprint density at radius 1 is 0.906 bits per heavy atom. The van der Waals surface area contributed by atoms with Crippen molar-refractivity contribution in [1.29, 1.82) is 0 Å². The van der Waals surface area contributed by atoms with Crippen LogP contribution in [0.5, 0.6) is 5.75 Å². The molecule has 2 aromatic rings. The number of carbonyl (C=O) groups excluding carboxylic acids is 2. The van der Waals surface area contributed by atoms with Crippen molar-refractivity contribution in [2.24, 2.45) is 0 Å². The molecular formula is C20H17NO11. The average molecular weight is 447 g/mol. The second-order valence-electron chi connectivity index (χ2n) is 6.36. The van der Waals surface area contributed by atoms with Crippen molar-refractivity contribution in [3.63, 3.8) is 0 Å². The van der Waals surface area contributed by atoms with Crippen LogP contribution < -0.4 is 0 Å². The first kappa shape index (κ1) is 23.8. The van der Waals surface area contributed by atoms with E-state index in [9.17, 15) is 44.6 Å². The third-order valence-corrected chi connectivity index (χ3v) is 4.12. The minimum absolute atomic E-state index is 0.00659. The molecule has 0 aliphatic carbocycles. The number of hydrogen-bond acceptors (Lipinski definition) is 9. The van der Waals surface area contributed by atoms with Gasteiger partial charge in [-0.2, -0.15) is 0 Å². The quantitative estimate of drug-likeness (QED) is 0.222. The summed E-state index contributed by atoms with van der Waals surface area (Å²) in [6.07, 6.45) is -1.15. The van der Waals surface area contributed by atoms with Gasteiger partial charge in [0.15, 0.2) is 0 Å². The number of esters is 2. The molecule has 168 valence electrons. The molecule has 2 rings (SSSR count). The minimum Gasteiger partial charge on any atom is -0.508 e. The monoisotopic (exact) mass is 447 g/mol. The number of non-ortho nitro benzene ring substituents is 1. The Kier molecular flexibility index (Phi) is 7.45. The van der Waals surface area contributed by atoms with Gasteiger partial charge in [0, 0.05) is 18.6 Å². The number of benzene rings is 2. The highest BCUT2D eigenvalue weighted by Crippen LogP contribution is 2.22. The molecule has 2 aromatic carbocycles. The Balaban J connectivity index is 2.29. The van der Waals surface area contributed by atoms with Crippen LogP contribution in [0, 0.1) is 10.1 Å². The summed E-state index contributed by atoms with van der Waals surface area (Å²) >= 11 is 0. The number of nitro groups is 1. The second-order valence-corrected chi connectivity index (χ2v) is 6.36. The number of carbonyl (C=O) groups is 4. The summed E-state index contributed by atoms with van der Waals surface area (Å²) in [7, 11) is 0. The highest BCUT2D eigenvalue weighted by Gasteiger charge is 2.27. The first-order valence-corrected chi connectivity index (χ1v) is 9.05. The van der Waals surface area contributed by atoms with Gasteiger partial charge in [0.05, 0.1) is 27.2 Å². The first-order chi connectivity index (χ1) is 15.0. The first-order valence-electron chi connectivity index (χ1n) is 9.05. The molecule has 0 radical (unpaired) electrons. The van der Waals surface area contributed by atoms with E-state index in [2.05, 4.69) is 0 Å². The summed E-state index contributed by atoms with van der Waals surface area (Å²) in [5, 5.41) is 38.8. The average Bonchev–Trinajstić information content (AvgIpc) is 2.72. The lowest BCUT2D eigenvalue weighted by Crippen LogP contribution is -2.26. The molecule has 1 atom stereocenters. The van der Waals surface area contributed by atoms with Gasteiger partial charge in [-0.05, 0) is 30.7 Å². The largest absolute Gasteiger partial charge is 0.508 e. The predicted octanol–water partition coefficient (Wildman–Crippen LogP) is 2.84. The summed E-state index contributed by atoms with van der Waals surface area (Å²) in [5.41, 5.74) is -2.69. The summed E-state index contributed by atoms with van der Waals surface area (Å²) in [4.78, 5) is 57.7. The number of nitro benzene ring substituents is 1. The van der Waals surface area contributed by atoms with E-state index in [1.807, 2.05) is 0 Å². The molecule has 0 fully saturated rings. The van der Waals surface area contributed by atoms with Crippen molar-refractivity contribution in [2.75, 3.05) is 0 Å². The van der Waals surface area contributed by atoms with Crippen LogP contribution in [0.4, 0.5) is 5.69 Å². The van der Waals surface area contributed by atoms with Gasteiger partial charge in [-0.25, -0.2) is 19.2 Å². The van der Waals surface area contributed by atoms with E-state index < -0.39 is 68.8 Å². The van der Waals surface area contributed by atoms with Crippen LogP contribution in [0.25, 0.3) is 0 Å². The number of phenolic OH excluding ortho intramolecular Hbond substituents is 1. The molecule has 0 heterocycles. The molecule has 32 heavy (non-hydrogen) atoms. The third-order valence-electron chi connectivity index (χ3n) is 4.12. The van der Waals surface area contributed by atoms with Crippen molar-refractivity contribution >= 4 is 29.6 Å². The topological polar surface area (TPSA) is 191 Å². The molecule has 0 spiro atoms. The molecule has 0 amide bonds. The molecule has 0 saturated carbocycles. The van der Waals surface area contributed by atoms with Crippen LogP contribution in [-0.4, -0.2) is 50.4 Å². The van der Waals surface area contributed by atoms with Gasteiger partial charge in [-0.3, -0.25) is 10.1 Å². The lowest BCUT2D eigenvalue weighted by atomic mass is 10.1. The van der Waals surface area contributed by atoms with Crippen LogP contribution in [0.15, 0.2) is 36.4 Å². The van der Waals surface area contributed by atoms with Gasteiger partial charge >= 0.3 is 23.9 Å². The predicted molar refractivity (Wildman–Crippen MR) is 105 cm³/mol. The van der Waals surface area contributed by atoms with Gasteiger partial charge < -0.3 is 24.8 Å². The van der Waals surface area contributed by atoms with E-state index in [4.69, 9.17) is 9.47 Å². The molecule has 1 unspecified atom stereocenters. The van der Waals surface area contributed by atoms with Gasteiger partial charge in [0.1, 0.15) is 5.75 Å². The van der Waals surface area contributed by atoms with Gasteiger partial charge in [-0.1, -0.05) is 6.92 Å². The molecule has 12 heteroatoms. The van der Waals surface area contributed by atoms with Gasteiger partial charge in [0.2, 0.25) is 6.29 Å². The van der Waals surface area contributed by atoms with Crippen molar-refractivity contribution in [1.82, 2.24) is 0 Å². The van der Waals surface area contributed by atoms with Crippen molar-refractivity contribution in [2.45, 2.75) is 26.1 Å². The molecular weight excluding hydrogens is 430 g/mol. The maximum absolute atomic E-state index is 12.5. The summed E-state index contributed by atoms with van der Waals surface area (Å²) in [6, 6.07) is 5.44. The lowest BCUT2D eigenvalue weighted by molar-refractivity contribution is -0.384. The Morgan fingerprint density at radius 3 is 1.88 bits per heavy atom. The molecule has 0 aliphatic heterocycles. The van der Waals surface area contributed by atoms with Crippen LogP contribution in [0.2, 0.25) is 0 Å². The maximum Gasteiger partial charge on any atom is 0.342 e. The van der Waals surface area contributed by atoms with Crippen LogP contribution in [-0.2, 0) is 9.47 Å². The van der Waals surface area contributed by atoms with Crippen molar-refractivity contribution < 1.29 is 48.9 Å². The number of aromatic carboxylic acids is 2. The molecule has 0 aliphatic rings. The van der Waals surface area contributed by atoms with Crippen LogP contribution in [0.3, 0.4) is 0 Å². The van der Waals surface area contributed by atoms with Gasteiger partial charge in [0.25, 0.3) is 5.69 Å². The molecule has 0 aromatic heterocycles. The molecule has 3 N–H and O–H groups in total. The maximum atomic E-state index is 12.5. The van der Waals surface area contributed by atoms with Crippen LogP contribution in [0.1, 0.15) is 61.2 Å². The number of hydrogen-bond donors (Lipinski definition) is 3. The van der Waals surface area contributed by atoms with Crippen molar-refractivity contribution in [3.05, 3.63) is 68.8 Å². The van der Waals surface area contributed by atoms with E-state index in [0.29, 0.717) is 12.5 Å². The number of carboxylic acid groups (broad SMARTS) is 2. The Hall–Kier alpha value is -4.48. The lowest BCUT2D eigenvalue weighted by Gasteiger charge is -2.19. The number of aromatic hydroxyl groups is 1. The summed E-state index contributed by atoms with van der Waals surface area (Å²) < 4.78 is 10.2. The van der Waals surface area contributed by atoms with Gasteiger partial charge in [-0.15, -0.1) is 0 Å². The fourth-order valence-corrected chi connectivity index (χ4v) is 2.63. The second kappa shape index (κ2) is 10.0. The molecule has 12 nitrogen and oxygen atoms in total. The number of phenols is 1. The van der Waals surface area contributed by atoms with E-state index in [1.165, 1.54) is 0 Å². The number of nitrogens with zero attached hydrogens (tertiary/aromatic N) is 1. The Labute approximate surface area is 179 Å². The Bertz CT molecular complexity index is 1090.